The lowest BCUT2D eigenvalue weighted by Gasteiger charge is -2.26. The minimum absolute atomic E-state index is 0.127. The molecular weight excluding hydrogens is 314 g/mol. The first-order valence-electron chi connectivity index (χ1n) is 9.45. The Morgan fingerprint density at radius 2 is 1.92 bits per heavy atom. The topological polar surface area (TPSA) is 53.6 Å². The summed E-state index contributed by atoms with van der Waals surface area (Å²) in [7, 11) is 0. The fraction of sp³-hybridized carbons (Fsp3) is 0.650. The molecule has 2 rings (SSSR count). The zero-order valence-electron chi connectivity index (χ0n) is 16.0. The van der Waals surface area contributed by atoms with Gasteiger partial charge in [-0.05, 0) is 38.7 Å². The zero-order valence-corrected chi connectivity index (χ0v) is 16.0. The summed E-state index contributed by atoms with van der Waals surface area (Å²) in [5, 5.41) is 5.88. The van der Waals surface area contributed by atoms with Crippen molar-refractivity contribution in [2.75, 3.05) is 19.7 Å². The standard InChI is InChI=1S/C20H33N3O2/c1-15(2)14-25-19-8-6-5-7-17(19)13-22-20(24)21-11-12-23(16(3)4)18-9-10-18/h5-8,15-16,18H,9-14H2,1-4H3,(H2,21,22,24). The number of amides is 2. The Balaban J connectivity index is 1.72. The third-order valence-electron chi connectivity index (χ3n) is 4.32. The van der Waals surface area contributed by atoms with Gasteiger partial charge in [0.1, 0.15) is 5.75 Å². The molecule has 25 heavy (non-hydrogen) atoms. The number of ether oxygens (including phenoxy) is 1. The quantitative estimate of drug-likeness (QED) is 0.682. The van der Waals surface area contributed by atoms with Gasteiger partial charge in [-0.15, -0.1) is 0 Å². The van der Waals surface area contributed by atoms with Crippen molar-refractivity contribution < 1.29 is 9.53 Å². The fourth-order valence-corrected chi connectivity index (χ4v) is 2.85. The van der Waals surface area contributed by atoms with E-state index in [1.54, 1.807) is 0 Å². The first-order chi connectivity index (χ1) is 12.0. The molecule has 1 fully saturated rings. The molecule has 0 bridgehead atoms. The van der Waals surface area contributed by atoms with Gasteiger partial charge in [0.05, 0.1) is 6.61 Å². The number of para-hydroxylation sites is 1. The van der Waals surface area contributed by atoms with E-state index in [1.165, 1.54) is 12.8 Å². The minimum atomic E-state index is -0.127. The van der Waals surface area contributed by atoms with Gasteiger partial charge in [0.15, 0.2) is 0 Å². The second kappa shape index (κ2) is 9.66. The molecule has 0 aliphatic heterocycles. The molecule has 1 aliphatic rings. The highest BCUT2D eigenvalue weighted by Crippen LogP contribution is 2.27. The molecule has 1 aromatic carbocycles. The molecule has 2 amide bonds. The van der Waals surface area contributed by atoms with Crippen molar-refractivity contribution in [2.45, 2.75) is 59.2 Å². The third-order valence-corrected chi connectivity index (χ3v) is 4.32. The zero-order chi connectivity index (χ0) is 18.2. The monoisotopic (exact) mass is 347 g/mol. The van der Waals surface area contributed by atoms with Crippen LogP contribution in [0.4, 0.5) is 4.79 Å². The van der Waals surface area contributed by atoms with Crippen LogP contribution in [0.15, 0.2) is 24.3 Å². The van der Waals surface area contributed by atoms with Crippen LogP contribution in [-0.4, -0.2) is 42.7 Å². The van der Waals surface area contributed by atoms with Gasteiger partial charge in [0, 0.05) is 37.3 Å². The summed E-state index contributed by atoms with van der Waals surface area (Å²) in [5.74, 6) is 1.32. The van der Waals surface area contributed by atoms with Gasteiger partial charge in [-0.1, -0.05) is 32.0 Å². The van der Waals surface area contributed by atoms with Crippen LogP contribution < -0.4 is 15.4 Å². The molecule has 0 unspecified atom stereocenters. The van der Waals surface area contributed by atoms with E-state index < -0.39 is 0 Å². The van der Waals surface area contributed by atoms with Crippen molar-refractivity contribution in [2.24, 2.45) is 5.92 Å². The van der Waals surface area contributed by atoms with E-state index >= 15 is 0 Å². The Morgan fingerprint density at radius 1 is 1.20 bits per heavy atom. The number of benzene rings is 1. The van der Waals surface area contributed by atoms with Gasteiger partial charge in [-0.2, -0.15) is 0 Å². The first kappa shape index (κ1) is 19.6. The maximum absolute atomic E-state index is 12.0. The van der Waals surface area contributed by atoms with Gasteiger partial charge in [-0.3, -0.25) is 4.90 Å². The molecule has 140 valence electrons. The average molecular weight is 348 g/mol. The van der Waals surface area contributed by atoms with Gasteiger partial charge in [-0.25, -0.2) is 4.79 Å². The lowest BCUT2D eigenvalue weighted by atomic mass is 10.2. The molecule has 0 radical (unpaired) electrons. The minimum Gasteiger partial charge on any atom is -0.493 e. The van der Waals surface area contributed by atoms with E-state index in [1.807, 2.05) is 24.3 Å². The molecule has 1 saturated carbocycles. The van der Waals surface area contributed by atoms with Crippen LogP contribution in [0.2, 0.25) is 0 Å². The lowest BCUT2D eigenvalue weighted by molar-refractivity contribution is 0.207. The van der Waals surface area contributed by atoms with Crippen molar-refractivity contribution in [3.05, 3.63) is 29.8 Å². The number of carbonyl (C=O) groups is 1. The van der Waals surface area contributed by atoms with Crippen LogP contribution >= 0.6 is 0 Å². The van der Waals surface area contributed by atoms with Crippen LogP contribution in [-0.2, 0) is 6.54 Å². The second-order valence-corrected chi connectivity index (χ2v) is 7.48. The van der Waals surface area contributed by atoms with Crippen molar-refractivity contribution >= 4 is 6.03 Å². The van der Waals surface area contributed by atoms with Crippen LogP contribution in [0.1, 0.15) is 46.1 Å². The maximum Gasteiger partial charge on any atom is 0.315 e. The van der Waals surface area contributed by atoms with Crippen LogP contribution in [0.5, 0.6) is 5.75 Å². The molecule has 1 aromatic rings. The Bertz CT molecular complexity index is 539. The summed E-state index contributed by atoms with van der Waals surface area (Å²) >= 11 is 0. The first-order valence-corrected chi connectivity index (χ1v) is 9.45. The number of rotatable bonds is 10. The SMILES string of the molecule is CC(C)COc1ccccc1CNC(=O)NCCN(C(C)C)C1CC1. The summed E-state index contributed by atoms with van der Waals surface area (Å²) in [5.41, 5.74) is 1.00. The highest BCUT2D eigenvalue weighted by molar-refractivity contribution is 5.73. The van der Waals surface area contributed by atoms with E-state index in [9.17, 15) is 4.79 Å². The van der Waals surface area contributed by atoms with Crippen LogP contribution in [0.3, 0.4) is 0 Å². The summed E-state index contributed by atoms with van der Waals surface area (Å²) in [6.07, 6.45) is 2.58. The Morgan fingerprint density at radius 3 is 2.56 bits per heavy atom. The van der Waals surface area contributed by atoms with Crippen molar-refractivity contribution in [1.29, 1.82) is 0 Å². The fourth-order valence-electron chi connectivity index (χ4n) is 2.85. The van der Waals surface area contributed by atoms with Crippen LogP contribution in [0.25, 0.3) is 0 Å². The van der Waals surface area contributed by atoms with Gasteiger partial charge in [0.2, 0.25) is 0 Å². The predicted molar refractivity (Wildman–Crippen MR) is 102 cm³/mol. The van der Waals surface area contributed by atoms with Crippen LogP contribution in [0, 0.1) is 5.92 Å². The molecule has 0 saturated heterocycles. The third kappa shape index (κ3) is 6.94. The summed E-state index contributed by atoms with van der Waals surface area (Å²) < 4.78 is 5.82. The van der Waals surface area contributed by atoms with Gasteiger partial charge < -0.3 is 15.4 Å². The Kier molecular flexibility index (Phi) is 7.56. The maximum atomic E-state index is 12.0. The van der Waals surface area contributed by atoms with E-state index in [0.29, 0.717) is 31.7 Å². The Labute approximate surface area is 152 Å². The highest BCUT2D eigenvalue weighted by Gasteiger charge is 2.30. The molecule has 0 heterocycles. The molecule has 0 aromatic heterocycles. The molecule has 1 aliphatic carbocycles. The van der Waals surface area contributed by atoms with Gasteiger partial charge >= 0.3 is 6.03 Å². The van der Waals surface area contributed by atoms with Crippen molar-refractivity contribution in [1.82, 2.24) is 15.5 Å². The normalized spacial score (nSPS) is 14.2. The number of hydrogen-bond donors (Lipinski definition) is 2. The molecule has 0 spiro atoms. The number of urea groups is 1. The van der Waals surface area contributed by atoms with Crippen molar-refractivity contribution in [3.8, 4) is 5.75 Å². The van der Waals surface area contributed by atoms with Gasteiger partial charge in [0.25, 0.3) is 0 Å². The number of hydrogen-bond acceptors (Lipinski definition) is 3. The highest BCUT2D eigenvalue weighted by atomic mass is 16.5. The molecule has 5 nitrogen and oxygen atoms in total. The van der Waals surface area contributed by atoms with E-state index in [4.69, 9.17) is 4.74 Å². The average Bonchev–Trinajstić information content (AvgIpc) is 3.40. The Hall–Kier alpha value is -1.75. The molecule has 2 N–H and O–H groups in total. The lowest BCUT2D eigenvalue weighted by Crippen LogP contribution is -2.42. The summed E-state index contributed by atoms with van der Waals surface area (Å²) in [6, 6.07) is 8.98. The smallest absolute Gasteiger partial charge is 0.315 e. The summed E-state index contributed by atoms with van der Waals surface area (Å²) in [6.45, 7) is 11.4. The predicted octanol–water partition coefficient (Wildman–Crippen LogP) is 3.39. The van der Waals surface area contributed by atoms with E-state index in [-0.39, 0.29) is 6.03 Å². The second-order valence-electron chi connectivity index (χ2n) is 7.48. The van der Waals surface area contributed by atoms with Crippen molar-refractivity contribution in [3.63, 3.8) is 0 Å². The molecule has 0 atom stereocenters. The number of carbonyl (C=O) groups excluding carboxylic acids is 1. The van der Waals surface area contributed by atoms with E-state index in [2.05, 4.69) is 43.2 Å². The van der Waals surface area contributed by atoms with E-state index in [0.717, 1.165) is 23.9 Å². The largest absolute Gasteiger partial charge is 0.493 e. The molecule has 5 heteroatoms. The number of nitrogens with one attached hydrogen (secondary N) is 2. The molecular formula is C20H33N3O2. The number of nitrogens with zero attached hydrogens (tertiary/aromatic N) is 1. The summed E-state index contributed by atoms with van der Waals surface area (Å²) in [4.78, 5) is 14.5.